The molecule has 11 nitrogen and oxygen atoms in total. The molecule has 184 valence electrons. The van der Waals surface area contributed by atoms with Crippen molar-refractivity contribution in [3.8, 4) is 0 Å². The van der Waals surface area contributed by atoms with Gasteiger partial charge in [-0.25, -0.2) is 29.5 Å². The maximum absolute atomic E-state index is 13.8. The lowest BCUT2D eigenvalue weighted by Crippen LogP contribution is -2.47. The number of ether oxygens (including phenoxy) is 1. The van der Waals surface area contributed by atoms with Gasteiger partial charge in [0.15, 0.2) is 11.5 Å². The Kier molecular flexibility index (Phi) is 7.67. The summed E-state index contributed by atoms with van der Waals surface area (Å²) in [5, 5.41) is 15.2. The lowest BCUT2D eigenvalue weighted by molar-refractivity contribution is -0.142. The first kappa shape index (κ1) is 25.7. The van der Waals surface area contributed by atoms with Crippen LogP contribution in [0.4, 0.5) is 10.2 Å². The minimum Gasteiger partial charge on any atom is -0.480 e. The predicted molar refractivity (Wildman–Crippen MR) is 126 cm³/mol. The van der Waals surface area contributed by atoms with Crippen LogP contribution >= 0.6 is 7.44 Å². The molecule has 0 saturated heterocycles. The largest absolute Gasteiger partial charge is 0.480 e. The van der Waals surface area contributed by atoms with E-state index in [1.165, 1.54) is 32.3 Å². The Morgan fingerprint density at radius 1 is 1.32 bits per heavy atom. The molecular formula is C21H29FN7O4P. The molecule has 0 radical (unpaired) electrons. The zero-order valence-corrected chi connectivity index (χ0v) is 20.3. The van der Waals surface area contributed by atoms with Gasteiger partial charge in [0, 0.05) is 6.04 Å². The minimum absolute atomic E-state index is 0.262. The second kappa shape index (κ2) is 10.1. The fraction of sp³-hybridized carbons (Fsp3) is 0.429. The Morgan fingerprint density at radius 2 is 2.06 bits per heavy atom. The standard InChI is InChI=1S/C21H29FN7O4P/c1-13(9-29-11-26-17-18(23)24-10-25-19(17)29)33-12-34(32,28-21(3,4)20(30)31)27-14(2)15-6-5-7-16(22)8-15/h5-8,10-11,13-14H,9,12H2,1-4H3,(H,30,31)(H2,23,24,25)(H2,27,28,32)/t13-,14+,34-/m1/s1. The zero-order chi connectivity index (χ0) is 25.1. The van der Waals surface area contributed by atoms with Crippen molar-refractivity contribution in [3.63, 3.8) is 0 Å². The van der Waals surface area contributed by atoms with Gasteiger partial charge in [-0.15, -0.1) is 0 Å². The van der Waals surface area contributed by atoms with Gasteiger partial charge >= 0.3 is 5.97 Å². The summed E-state index contributed by atoms with van der Waals surface area (Å²) in [4.78, 5) is 24.0. The number of halogens is 1. The van der Waals surface area contributed by atoms with Crippen molar-refractivity contribution in [3.05, 3.63) is 48.3 Å². The van der Waals surface area contributed by atoms with Gasteiger partial charge < -0.3 is 20.1 Å². The Labute approximate surface area is 196 Å². The maximum atomic E-state index is 13.8. The molecule has 3 rings (SSSR count). The number of carboxylic acid groups (broad SMARTS) is 1. The van der Waals surface area contributed by atoms with Crippen molar-refractivity contribution in [1.82, 2.24) is 29.7 Å². The van der Waals surface area contributed by atoms with E-state index in [0.717, 1.165) is 0 Å². The molecule has 0 fully saturated rings. The molecule has 0 aliphatic rings. The SMILES string of the molecule is C[C@H](Cn1cnc2c(N)ncnc21)OC[P@@](=O)(N[C@@H](C)c1cccc(F)c1)NC(C)(C)C(=O)O. The average molecular weight is 493 g/mol. The third-order valence-electron chi connectivity index (χ3n) is 5.17. The van der Waals surface area contributed by atoms with E-state index in [1.807, 2.05) is 0 Å². The Hall–Kier alpha value is -2.92. The third-order valence-corrected chi connectivity index (χ3v) is 7.41. The molecule has 13 heteroatoms. The van der Waals surface area contributed by atoms with Gasteiger partial charge in [-0.2, -0.15) is 0 Å². The summed E-state index contributed by atoms with van der Waals surface area (Å²) in [6, 6.07) is 5.33. The molecule has 0 spiro atoms. The van der Waals surface area contributed by atoms with Gasteiger partial charge in [-0.3, -0.25) is 9.36 Å². The van der Waals surface area contributed by atoms with Gasteiger partial charge in [-0.05, 0) is 45.4 Å². The third kappa shape index (κ3) is 6.15. The molecule has 0 unspecified atom stereocenters. The number of nitrogens with one attached hydrogen (secondary N) is 2. The van der Waals surface area contributed by atoms with E-state index in [4.69, 9.17) is 10.5 Å². The van der Waals surface area contributed by atoms with Crippen LogP contribution in [0.25, 0.3) is 11.2 Å². The molecule has 34 heavy (non-hydrogen) atoms. The molecule has 0 aliphatic heterocycles. The van der Waals surface area contributed by atoms with Crippen LogP contribution in [0.1, 0.15) is 39.3 Å². The van der Waals surface area contributed by atoms with Crippen LogP contribution in [0.15, 0.2) is 36.9 Å². The first-order valence-electron chi connectivity index (χ1n) is 10.6. The summed E-state index contributed by atoms with van der Waals surface area (Å²) in [6.07, 6.45) is 2.15. The fourth-order valence-electron chi connectivity index (χ4n) is 3.36. The second-order valence-electron chi connectivity index (χ2n) is 8.62. The van der Waals surface area contributed by atoms with E-state index in [1.54, 1.807) is 36.9 Å². The van der Waals surface area contributed by atoms with Crippen LogP contribution in [-0.4, -0.2) is 48.6 Å². The van der Waals surface area contributed by atoms with Gasteiger partial charge in [0.1, 0.15) is 29.5 Å². The van der Waals surface area contributed by atoms with Crippen LogP contribution in [0.2, 0.25) is 0 Å². The van der Waals surface area contributed by atoms with Crippen LogP contribution in [0.3, 0.4) is 0 Å². The fourth-order valence-corrected chi connectivity index (χ4v) is 5.80. The number of hydrogen-bond donors (Lipinski definition) is 4. The quantitative estimate of drug-likeness (QED) is 0.293. The summed E-state index contributed by atoms with van der Waals surface area (Å²) in [6.45, 7) is 6.62. The first-order valence-corrected chi connectivity index (χ1v) is 12.5. The number of imidazole rings is 1. The van der Waals surface area contributed by atoms with E-state index in [0.29, 0.717) is 23.3 Å². The second-order valence-corrected chi connectivity index (χ2v) is 10.8. The number of hydrogen-bond acceptors (Lipinski definition) is 7. The van der Waals surface area contributed by atoms with E-state index < -0.39 is 36.9 Å². The van der Waals surface area contributed by atoms with Crippen molar-refractivity contribution >= 4 is 30.4 Å². The van der Waals surface area contributed by atoms with Gasteiger partial charge in [0.2, 0.25) is 7.44 Å². The summed E-state index contributed by atoms with van der Waals surface area (Å²) in [7, 11) is -3.63. The monoisotopic (exact) mass is 493 g/mol. The lowest BCUT2D eigenvalue weighted by atomic mass is 10.1. The number of fused-ring (bicyclic) bond motifs is 1. The highest BCUT2D eigenvalue weighted by atomic mass is 31.2. The maximum Gasteiger partial charge on any atom is 0.323 e. The number of nitrogen functional groups attached to an aromatic ring is 1. The highest BCUT2D eigenvalue weighted by Gasteiger charge is 2.37. The summed E-state index contributed by atoms with van der Waals surface area (Å²) < 4.78 is 35.1. The highest BCUT2D eigenvalue weighted by molar-refractivity contribution is 7.59. The van der Waals surface area contributed by atoms with Crippen LogP contribution in [0.5, 0.6) is 0 Å². The molecule has 0 aliphatic carbocycles. The number of carbonyl (C=O) groups is 1. The molecular weight excluding hydrogens is 464 g/mol. The molecule has 2 aromatic heterocycles. The van der Waals surface area contributed by atoms with Crippen molar-refractivity contribution < 1.29 is 23.6 Å². The summed E-state index contributed by atoms with van der Waals surface area (Å²) in [5.41, 5.74) is 5.88. The number of aliphatic carboxylic acids is 1. The van der Waals surface area contributed by atoms with Gasteiger partial charge in [0.25, 0.3) is 0 Å². The summed E-state index contributed by atoms with van der Waals surface area (Å²) >= 11 is 0. The number of benzene rings is 1. The van der Waals surface area contributed by atoms with Crippen molar-refractivity contribution in [1.29, 1.82) is 0 Å². The van der Waals surface area contributed by atoms with Crippen LogP contribution in [-0.2, 0) is 20.6 Å². The van der Waals surface area contributed by atoms with E-state index >= 15 is 0 Å². The molecule has 3 aromatic rings. The normalized spacial score (nSPS) is 15.7. The first-order chi connectivity index (χ1) is 15.9. The van der Waals surface area contributed by atoms with E-state index in [9.17, 15) is 18.9 Å². The molecule has 2 heterocycles. The van der Waals surface area contributed by atoms with Crippen LogP contribution < -0.4 is 15.9 Å². The number of aromatic nitrogens is 4. The Balaban J connectivity index is 1.75. The molecule has 3 atom stereocenters. The van der Waals surface area contributed by atoms with Crippen molar-refractivity contribution in [2.45, 2.75) is 51.9 Å². The van der Waals surface area contributed by atoms with Crippen molar-refractivity contribution in [2.24, 2.45) is 0 Å². The number of nitrogens with zero attached hydrogens (tertiary/aromatic N) is 4. The number of carboxylic acids is 1. The summed E-state index contributed by atoms with van der Waals surface area (Å²) in [5.74, 6) is -1.35. The molecule has 0 bridgehead atoms. The van der Waals surface area contributed by atoms with E-state index in [2.05, 4.69) is 25.1 Å². The Bertz CT molecular complexity index is 1220. The molecule has 0 saturated carbocycles. The number of rotatable bonds is 11. The van der Waals surface area contributed by atoms with E-state index in [-0.39, 0.29) is 12.2 Å². The van der Waals surface area contributed by atoms with Gasteiger partial charge in [0.05, 0.1) is 19.0 Å². The minimum atomic E-state index is -3.63. The van der Waals surface area contributed by atoms with Crippen LogP contribution in [0, 0.1) is 5.82 Å². The zero-order valence-electron chi connectivity index (χ0n) is 19.4. The lowest BCUT2D eigenvalue weighted by Gasteiger charge is -2.32. The number of nitrogens with two attached hydrogens (primary N) is 1. The molecule has 5 N–H and O–H groups in total. The smallest absolute Gasteiger partial charge is 0.323 e. The van der Waals surface area contributed by atoms with Gasteiger partial charge in [-0.1, -0.05) is 12.1 Å². The van der Waals surface area contributed by atoms with Crippen molar-refractivity contribution in [2.75, 3.05) is 12.1 Å². The topological polar surface area (TPSA) is 157 Å². The highest BCUT2D eigenvalue weighted by Crippen LogP contribution is 2.42. The number of anilines is 1. The average Bonchev–Trinajstić information content (AvgIpc) is 3.16. The Morgan fingerprint density at radius 3 is 2.74 bits per heavy atom. The molecule has 0 amide bonds. The predicted octanol–water partition coefficient (Wildman–Crippen LogP) is 2.91. The molecule has 1 aromatic carbocycles.